The summed E-state index contributed by atoms with van der Waals surface area (Å²) in [5, 5.41) is 13.7. The molecule has 0 spiro atoms. The number of imide groups is 1. The number of methoxy groups -OCH3 is 1. The number of urea groups is 1. The van der Waals surface area contributed by atoms with E-state index in [1.165, 1.54) is 4.90 Å². The number of ether oxygens (including phenoxy) is 1. The first-order valence-electron chi connectivity index (χ1n) is 9.18. The normalized spacial score (nSPS) is 22.5. The number of nitrogens with zero attached hydrogens (tertiary/aromatic N) is 2. The van der Waals surface area contributed by atoms with E-state index in [1.54, 1.807) is 20.1 Å². The van der Waals surface area contributed by atoms with Crippen molar-refractivity contribution in [2.75, 3.05) is 33.3 Å². The Morgan fingerprint density at radius 2 is 2.07 bits per heavy atom. The molecule has 0 radical (unpaired) electrons. The number of hydrogen-bond acceptors (Lipinski definition) is 5. The first-order valence-corrected chi connectivity index (χ1v) is 9.18. The topological polar surface area (TPSA) is 99.2 Å². The second kappa shape index (κ2) is 7.56. The van der Waals surface area contributed by atoms with E-state index < -0.39 is 23.4 Å². The standard InChI is InChI=1S/C19H25N3O5/c1-3-21-9-10-22(17(24)16(21)23)18(25)20-12-19(26)8-4-5-13-11-14(27-2)6-7-15(13)19/h6-7,11,26H,3-5,8-10,12H2,1-2H3,(H,20,25)/t19-/m0/s1. The first kappa shape index (κ1) is 19.2. The molecule has 8 nitrogen and oxygen atoms in total. The van der Waals surface area contributed by atoms with Gasteiger partial charge in [-0.05, 0) is 49.4 Å². The van der Waals surface area contributed by atoms with Crippen molar-refractivity contribution in [2.45, 2.75) is 31.8 Å². The summed E-state index contributed by atoms with van der Waals surface area (Å²) in [4.78, 5) is 38.8. The maximum Gasteiger partial charge on any atom is 0.324 e. The van der Waals surface area contributed by atoms with Gasteiger partial charge in [-0.2, -0.15) is 0 Å². The predicted molar refractivity (Wildman–Crippen MR) is 97.2 cm³/mol. The molecule has 1 fully saturated rings. The molecule has 0 unspecified atom stereocenters. The van der Waals surface area contributed by atoms with Gasteiger partial charge in [0.25, 0.3) is 0 Å². The van der Waals surface area contributed by atoms with Crippen molar-refractivity contribution in [2.24, 2.45) is 0 Å². The summed E-state index contributed by atoms with van der Waals surface area (Å²) in [6, 6.07) is 4.84. The van der Waals surface area contributed by atoms with E-state index in [4.69, 9.17) is 4.74 Å². The Kier molecular flexibility index (Phi) is 5.36. The van der Waals surface area contributed by atoms with Crippen LogP contribution in [-0.2, 0) is 21.6 Å². The lowest BCUT2D eigenvalue weighted by atomic mass is 9.79. The van der Waals surface area contributed by atoms with Gasteiger partial charge >= 0.3 is 17.8 Å². The van der Waals surface area contributed by atoms with Crippen LogP contribution in [-0.4, -0.2) is 66.0 Å². The highest BCUT2D eigenvalue weighted by molar-refractivity contribution is 6.38. The Hall–Kier alpha value is -2.61. The number of rotatable bonds is 4. The van der Waals surface area contributed by atoms with Gasteiger partial charge in [-0.1, -0.05) is 6.07 Å². The lowest BCUT2D eigenvalue weighted by Crippen LogP contribution is -2.59. The van der Waals surface area contributed by atoms with Crippen LogP contribution >= 0.6 is 0 Å². The molecule has 146 valence electrons. The van der Waals surface area contributed by atoms with Crippen LogP contribution in [0.15, 0.2) is 18.2 Å². The number of aryl methyl sites for hydroxylation is 1. The fourth-order valence-corrected chi connectivity index (χ4v) is 3.73. The van der Waals surface area contributed by atoms with Crippen molar-refractivity contribution in [1.29, 1.82) is 0 Å². The molecule has 4 amide bonds. The molecule has 8 heteroatoms. The number of benzene rings is 1. The van der Waals surface area contributed by atoms with Gasteiger partial charge in [0.1, 0.15) is 11.4 Å². The molecule has 1 aromatic rings. The van der Waals surface area contributed by atoms with Crippen molar-refractivity contribution in [1.82, 2.24) is 15.1 Å². The van der Waals surface area contributed by atoms with Crippen LogP contribution in [0.3, 0.4) is 0 Å². The molecule has 1 aromatic carbocycles. The molecule has 1 atom stereocenters. The third-order valence-corrected chi connectivity index (χ3v) is 5.32. The number of amides is 4. The fourth-order valence-electron chi connectivity index (χ4n) is 3.73. The van der Waals surface area contributed by atoms with E-state index in [2.05, 4.69) is 5.32 Å². The Morgan fingerprint density at radius 3 is 2.78 bits per heavy atom. The highest BCUT2D eigenvalue weighted by atomic mass is 16.5. The van der Waals surface area contributed by atoms with Crippen LogP contribution in [0.5, 0.6) is 5.75 Å². The SMILES string of the molecule is CCN1CCN(C(=O)NC[C@@]2(O)CCCc3cc(OC)ccc32)C(=O)C1=O. The van der Waals surface area contributed by atoms with Gasteiger partial charge in [-0.3, -0.25) is 14.5 Å². The third kappa shape index (κ3) is 3.62. The number of carbonyl (C=O) groups excluding carboxylic acids is 3. The van der Waals surface area contributed by atoms with E-state index >= 15 is 0 Å². The Labute approximate surface area is 158 Å². The van der Waals surface area contributed by atoms with Gasteiger partial charge in [0.2, 0.25) is 0 Å². The van der Waals surface area contributed by atoms with Crippen molar-refractivity contribution >= 4 is 17.8 Å². The molecule has 0 bridgehead atoms. The molecule has 2 aliphatic rings. The molecular weight excluding hydrogens is 350 g/mol. The van der Waals surface area contributed by atoms with Crippen LogP contribution in [0.25, 0.3) is 0 Å². The minimum Gasteiger partial charge on any atom is -0.497 e. The number of nitrogens with one attached hydrogen (secondary N) is 1. The van der Waals surface area contributed by atoms with Gasteiger partial charge in [-0.15, -0.1) is 0 Å². The quantitative estimate of drug-likeness (QED) is 0.752. The van der Waals surface area contributed by atoms with Crippen molar-refractivity contribution in [3.8, 4) is 5.75 Å². The van der Waals surface area contributed by atoms with E-state index in [0.717, 1.165) is 34.6 Å². The second-order valence-electron chi connectivity index (χ2n) is 6.91. The van der Waals surface area contributed by atoms with Crippen LogP contribution in [0, 0.1) is 0 Å². The van der Waals surface area contributed by atoms with Crippen LogP contribution in [0.1, 0.15) is 30.9 Å². The predicted octanol–water partition coefficient (Wildman–Crippen LogP) is 0.619. The molecule has 2 N–H and O–H groups in total. The molecule has 1 heterocycles. The maximum absolute atomic E-state index is 12.4. The molecule has 1 saturated heterocycles. The summed E-state index contributed by atoms with van der Waals surface area (Å²) in [5.74, 6) is -0.783. The second-order valence-corrected chi connectivity index (χ2v) is 6.91. The Bertz CT molecular complexity index is 766. The van der Waals surface area contributed by atoms with E-state index in [9.17, 15) is 19.5 Å². The third-order valence-electron chi connectivity index (χ3n) is 5.32. The molecule has 1 aliphatic carbocycles. The number of piperazine rings is 1. The maximum atomic E-state index is 12.4. The largest absolute Gasteiger partial charge is 0.497 e. The number of aliphatic hydroxyl groups is 1. The van der Waals surface area contributed by atoms with Crippen molar-refractivity contribution < 1.29 is 24.2 Å². The highest BCUT2D eigenvalue weighted by Crippen LogP contribution is 2.36. The van der Waals surface area contributed by atoms with Gasteiger partial charge in [-0.25, -0.2) is 4.79 Å². The minimum absolute atomic E-state index is 0.0272. The van der Waals surface area contributed by atoms with Crippen molar-refractivity contribution in [3.05, 3.63) is 29.3 Å². The van der Waals surface area contributed by atoms with Gasteiger partial charge in [0.05, 0.1) is 13.7 Å². The van der Waals surface area contributed by atoms with Gasteiger partial charge in [0.15, 0.2) is 0 Å². The molecule has 0 saturated carbocycles. The average Bonchev–Trinajstić information content (AvgIpc) is 2.68. The summed E-state index contributed by atoms with van der Waals surface area (Å²) >= 11 is 0. The molecule has 27 heavy (non-hydrogen) atoms. The molecular formula is C19H25N3O5. The zero-order valence-electron chi connectivity index (χ0n) is 15.7. The first-order chi connectivity index (χ1) is 12.9. The minimum atomic E-state index is -1.21. The summed E-state index contributed by atoms with van der Waals surface area (Å²) in [6.45, 7) is 2.66. The van der Waals surface area contributed by atoms with Crippen molar-refractivity contribution in [3.63, 3.8) is 0 Å². The Balaban J connectivity index is 1.69. The number of carbonyl (C=O) groups is 3. The highest BCUT2D eigenvalue weighted by Gasteiger charge is 2.38. The van der Waals surface area contributed by atoms with Gasteiger partial charge in [0, 0.05) is 19.6 Å². The monoisotopic (exact) mass is 375 g/mol. The smallest absolute Gasteiger partial charge is 0.324 e. The summed E-state index contributed by atoms with van der Waals surface area (Å²) in [6.07, 6.45) is 2.11. The number of hydrogen-bond donors (Lipinski definition) is 2. The van der Waals surface area contributed by atoms with Gasteiger partial charge < -0.3 is 20.1 Å². The van der Waals surface area contributed by atoms with E-state index in [-0.39, 0.29) is 13.1 Å². The number of fused-ring (bicyclic) bond motifs is 1. The number of likely N-dealkylation sites (N-methyl/N-ethyl adjacent to an activating group) is 1. The molecule has 1 aliphatic heterocycles. The fraction of sp³-hybridized carbons (Fsp3) is 0.526. The van der Waals surface area contributed by atoms with Crippen LogP contribution in [0.4, 0.5) is 4.79 Å². The lowest BCUT2D eigenvalue weighted by molar-refractivity contribution is -0.153. The van der Waals surface area contributed by atoms with Crippen LogP contribution < -0.4 is 10.1 Å². The van der Waals surface area contributed by atoms with E-state index in [0.29, 0.717) is 19.5 Å². The summed E-state index contributed by atoms with van der Waals surface area (Å²) < 4.78 is 5.23. The zero-order chi connectivity index (χ0) is 19.6. The summed E-state index contributed by atoms with van der Waals surface area (Å²) in [7, 11) is 1.59. The zero-order valence-corrected chi connectivity index (χ0v) is 15.7. The lowest BCUT2D eigenvalue weighted by Gasteiger charge is -2.36. The van der Waals surface area contributed by atoms with E-state index in [1.807, 2.05) is 12.1 Å². The molecule has 0 aromatic heterocycles. The molecule has 3 rings (SSSR count). The average molecular weight is 375 g/mol. The van der Waals surface area contributed by atoms with Crippen LogP contribution in [0.2, 0.25) is 0 Å². The summed E-state index contributed by atoms with van der Waals surface area (Å²) in [5.41, 5.74) is 0.529. The Morgan fingerprint density at radius 1 is 1.30 bits per heavy atom.